The monoisotopic (exact) mass is 252 g/mol. The first-order chi connectivity index (χ1) is 8.02. The number of nitrogens with two attached hydrogens (primary N) is 1. The zero-order chi connectivity index (χ0) is 12.6. The molecule has 0 bridgehead atoms. The fourth-order valence-corrected chi connectivity index (χ4v) is 1.63. The van der Waals surface area contributed by atoms with E-state index in [9.17, 15) is 10.1 Å². The van der Waals surface area contributed by atoms with Crippen LogP contribution in [0.2, 0.25) is 5.02 Å². The lowest BCUT2D eigenvalue weighted by Gasteiger charge is -2.04. The number of benzene rings is 1. The van der Waals surface area contributed by atoms with Crippen LogP contribution < -0.4 is 5.73 Å². The number of aryl methyl sites for hydroxylation is 1. The Kier molecular flexibility index (Phi) is 2.72. The topological polar surface area (TPSA) is 87.0 Å². The summed E-state index contributed by atoms with van der Waals surface area (Å²) in [5, 5.41) is 15.3. The first-order valence-electron chi connectivity index (χ1n) is 4.76. The third kappa shape index (κ3) is 1.83. The quantitative estimate of drug-likeness (QED) is 0.656. The van der Waals surface area contributed by atoms with Crippen molar-refractivity contribution in [2.24, 2.45) is 0 Å². The van der Waals surface area contributed by atoms with Gasteiger partial charge in [0.1, 0.15) is 16.5 Å². The van der Waals surface area contributed by atoms with Gasteiger partial charge in [-0.3, -0.25) is 10.1 Å². The summed E-state index contributed by atoms with van der Waals surface area (Å²) < 4.78 is 1.27. The SMILES string of the molecule is Cc1nn(-c2ccccc2[N+](=O)[O-])c(N)c1Cl. The number of halogens is 1. The molecular formula is C10H9ClN4O2. The van der Waals surface area contributed by atoms with Gasteiger partial charge in [0.05, 0.1) is 10.6 Å². The number of aromatic nitrogens is 2. The zero-order valence-corrected chi connectivity index (χ0v) is 9.68. The van der Waals surface area contributed by atoms with Crippen molar-refractivity contribution in [1.29, 1.82) is 0 Å². The lowest BCUT2D eigenvalue weighted by Crippen LogP contribution is -2.05. The molecule has 2 N–H and O–H groups in total. The van der Waals surface area contributed by atoms with Gasteiger partial charge in [0.25, 0.3) is 5.69 Å². The molecule has 2 rings (SSSR count). The van der Waals surface area contributed by atoms with Crippen molar-refractivity contribution >= 4 is 23.1 Å². The highest BCUT2D eigenvalue weighted by molar-refractivity contribution is 6.33. The first-order valence-corrected chi connectivity index (χ1v) is 5.14. The molecule has 0 unspecified atom stereocenters. The van der Waals surface area contributed by atoms with Gasteiger partial charge in [-0.15, -0.1) is 0 Å². The first kappa shape index (κ1) is 11.4. The highest BCUT2D eigenvalue weighted by Crippen LogP contribution is 2.29. The Labute approximate surface area is 102 Å². The summed E-state index contributed by atoms with van der Waals surface area (Å²) in [6.45, 7) is 1.68. The fraction of sp³-hybridized carbons (Fsp3) is 0.100. The number of rotatable bonds is 2. The second-order valence-electron chi connectivity index (χ2n) is 3.44. The number of nitro benzene ring substituents is 1. The molecule has 88 valence electrons. The average Bonchev–Trinajstić information content (AvgIpc) is 2.57. The van der Waals surface area contributed by atoms with Crippen LogP contribution >= 0.6 is 11.6 Å². The summed E-state index contributed by atoms with van der Waals surface area (Å²) in [7, 11) is 0. The van der Waals surface area contributed by atoms with Crippen molar-refractivity contribution in [3.63, 3.8) is 0 Å². The maximum Gasteiger partial charge on any atom is 0.294 e. The number of hydrogen-bond donors (Lipinski definition) is 1. The highest BCUT2D eigenvalue weighted by Gasteiger charge is 2.19. The molecule has 0 radical (unpaired) electrons. The highest BCUT2D eigenvalue weighted by atomic mass is 35.5. The van der Waals surface area contributed by atoms with E-state index in [1.165, 1.54) is 10.7 Å². The van der Waals surface area contributed by atoms with Gasteiger partial charge in [-0.1, -0.05) is 23.7 Å². The molecule has 0 amide bonds. The molecule has 0 spiro atoms. The summed E-state index contributed by atoms with van der Waals surface area (Å²) in [6, 6.07) is 6.21. The van der Waals surface area contributed by atoms with E-state index in [4.69, 9.17) is 17.3 Å². The molecule has 1 aromatic heterocycles. The van der Waals surface area contributed by atoms with Gasteiger partial charge in [0.15, 0.2) is 0 Å². The Morgan fingerprint density at radius 1 is 1.47 bits per heavy atom. The number of nitro groups is 1. The molecule has 0 atom stereocenters. The largest absolute Gasteiger partial charge is 0.382 e. The van der Waals surface area contributed by atoms with Crippen LogP contribution in [0.5, 0.6) is 0 Å². The van der Waals surface area contributed by atoms with E-state index in [0.29, 0.717) is 16.4 Å². The van der Waals surface area contributed by atoms with Crippen LogP contribution in [-0.2, 0) is 0 Å². The molecule has 1 heterocycles. The van der Waals surface area contributed by atoms with Crippen molar-refractivity contribution in [3.05, 3.63) is 45.1 Å². The van der Waals surface area contributed by atoms with Crippen molar-refractivity contribution in [3.8, 4) is 5.69 Å². The normalized spacial score (nSPS) is 10.5. The van der Waals surface area contributed by atoms with Crippen LogP contribution in [0, 0.1) is 17.0 Å². The van der Waals surface area contributed by atoms with Crippen molar-refractivity contribution in [2.75, 3.05) is 5.73 Å². The average molecular weight is 253 g/mol. The third-order valence-electron chi connectivity index (χ3n) is 2.33. The van der Waals surface area contributed by atoms with Gasteiger partial charge < -0.3 is 5.73 Å². The Balaban J connectivity index is 2.68. The van der Waals surface area contributed by atoms with Gasteiger partial charge in [0, 0.05) is 6.07 Å². The third-order valence-corrected chi connectivity index (χ3v) is 2.79. The molecule has 0 aliphatic rings. The van der Waals surface area contributed by atoms with Gasteiger partial charge >= 0.3 is 0 Å². The molecule has 0 aliphatic heterocycles. The number of para-hydroxylation sites is 2. The van der Waals surface area contributed by atoms with E-state index in [1.807, 2.05) is 0 Å². The molecular weight excluding hydrogens is 244 g/mol. The summed E-state index contributed by atoms with van der Waals surface area (Å²) in [4.78, 5) is 10.4. The molecule has 0 aliphatic carbocycles. The lowest BCUT2D eigenvalue weighted by atomic mass is 10.3. The number of nitrogen functional groups attached to an aromatic ring is 1. The van der Waals surface area contributed by atoms with E-state index < -0.39 is 4.92 Å². The second-order valence-corrected chi connectivity index (χ2v) is 3.82. The van der Waals surface area contributed by atoms with Crippen molar-refractivity contribution < 1.29 is 4.92 Å². The number of hydrogen-bond acceptors (Lipinski definition) is 4. The molecule has 1 aromatic carbocycles. The van der Waals surface area contributed by atoms with E-state index in [1.54, 1.807) is 25.1 Å². The van der Waals surface area contributed by atoms with E-state index >= 15 is 0 Å². The lowest BCUT2D eigenvalue weighted by molar-refractivity contribution is -0.384. The Morgan fingerprint density at radius 2 is 2.12 bits per heavy atom. The molecule has 6 nitrogen and oxygen atoms in total. The molecule has 2 aromatic rings. The maximum atomic E-state index is 10.9. The summed E-state index contributed by atoms with van der Waals surface area (Å²) >= 11 is 5.90. The van der Waals surface area contributed by atoms with Crippen LogP contribution in [0.25, 0.3) is 5.69 Å². The van der Waals surface area contributed by atoms with Crippen LogP contribution in [0.1, 0.15) is 5.69 Å². The van der Waals surface area contributed by atoms with Gasteiger partial charge in [-0.25, -0.2) is 4.68 Å². The Bertz CT molecular complexity index is 594. The summed E-state index contributed by atoms with van der Waals surface area (Å²) in [6.07, 6.45) is 0. The van der Waals surface area contributed by atoms with Crippen LogP contribution in [-0.4, -0.2) is 14.7 Å². The Hall–Kier alpha value is -2.08. The molecule has 0 fully saturated rings. The number of anilines is 1. The smallest absolute Gasteiger partial charge is 0.294 e. The second kappa shape index (κ2) is 4.06. The number of nitrogens with zero attached hydrogens (tertiary/aromatic N) is 3. The minimum atomic E-state index is -0.486. The van der Waals surface area contributed by atoms with Crippen LogP contribution in [0.3, 0.4) is 0 Å². The van der Waals surface area contributed by atoms with Gasteiger partial charge in [-0.2, -0.15) is 5.10 Å². The Morgan fingerprint density at radius 3 is 2.65 bits per heavy atom. The van der Waals surface area contributed by atoms with Crippen molar-refractivity contribution in [1.82, 2.24) is 9.78 Å². The van der Waals surface area contributed by atoms with Crippen LogP contribution in [0.4, 0.5) is 11.5 Å². The molecule has 0 saturated carbocycles. The van der Waals surface area contributed by atoms with E-state index in [-0.39, 0.29) is 11.5 Å². The molecule has 17 heavy (non-hydrogen) atoms. The van der Waals surface area contributed by atoms with Gasteiger partial charge in [-0.05, 0) is 13.0 Å². The fourth-order valence-electron chi connectivity index (χ4n) is 1.51. The molecule has 7 heteroatoms. The molecule has 0 saturated heterocycles. The van der Waals surface area contributed by atoms with Gasteiger partial charge in [0.2, 0.25) is 0 Å². The minimum absolute atomic E-state index is 0.0710. The van der Waals surface area contributed by atoms with E-state index in [2.05, 4.69) is 5.10 Å². The van der Waals surface area contributed by atoms with Crippen molar-refractivity contribution in [2.45, 2.75) is 6.92 Å². The summed E-state index contributed by atoms with van der Waals surface area (Å²) in [5.74, 6) is 0.193. The predicted molar refractivity (Wildman–Crippen MR) is 64.4 cm³/mol. The minimum Gasteiger partial charge on any atom is -0.382 e. The standard InChI is InChI=1S/C10H9ClN4O2/c1-6-9(11)10(12)14(13-6)7-4-2-3-5-8(7)15(16)17/h2-5H,12H2,1H3. The zero-order valence-electron chi connectivity index (χ0n) is 8.92. The predicted octanol–water partition coefficient (Wildman–Crippen LogP) is 2.32. The van der Waals surface area contributed by atoms with Crippen LogP contribution in [0.15, 0.2) is 24.3 Å². The summed E-state index contributed by atoms with van der Waals surface area (Å²) in [5.41, 5.74) is 6.51. The van der Waals surface area contributed by atoms with E-state index in [0.717, 1.165) is 0 Å². The maximum absolute atomic E-state index is 10.9.